The zero-order chi connectivity index (χ0) is 20.5. The van der Waals surface area contributed by atoms with Crippen molar-refractivity contribution in [2.24, 2.45) is 5.92 Å². The van der Waals surface area contributed by atoms with Crippen molar-refractivity contribution in [2.75, 3.05) is 5.32 Å². The lowest BCUT2D eigenvalue weighted by molar-refractivity contribution is -0.120. The number of rotatable bonds is 5. The highest BCUT2D eigenvalue weighted by molar-refractivity contribution is 7.10. The molecule has 148 valence electrons. The highest BCUT2D eigenvalue weighted by atomic mass is 32.1. The second-order valence-electron chi connectivity index (χ2n) is 6.87. The van der Waals surface area contributed by atoms with Crippen LogP contribution in [0.4, 0.5) is 13.9 Å². The van der Waals surface area contributed by atoms with Gasteiger partial charge < -0.3 is 4.57 Å². The molecule has 6 nitrogen and oxygen atoms in total. The van der Waals surface area contributed by atoms with Gasteiger partial charge in [0.15, 0.2) is 17.5 Å². The van der Waals surface area contributed by atoms with Crippen molar-refractivity contribution in [3.05, 3.63) is 60.4 Å². The number of carbonyl (C=O) groups is 1. The summed E-state index contributed by atoms with van der Waals surface area (Å²) in [4.78, 5) is 21.5. The Labute approximate surface area is 169 Å². The summed E-state index contributed by atoms with van der Waals surface area (Å²) in [5.41, 5.74) is 1.48. The summed E-state index contributed by atoms with van der Waals surface area (Å²) in [7, 11) is 0. The zero-order valence-electron chi connectivity index (χ0n) is 15.6. The lowest BCUT2D eigenvalue weighted by Crippen LogP contribution is -2.29. The highest BCUT2D eigenvalue weighted by Crippen LogP contribution is 2.28. The number of amides is 1. The average molecular weight is 413 g/mol. The van der Waals surface area contributed by atoms with E-state index in [1.807, 2.05) is 44.2 Å². The fraction of sp³-hybridized carbons (Fsp3) is 0.200. The molecule has 1 N–H and O–H groups in total. The molecule has 0 spiro atoms. The number of anilines is 1. The summed E-state index contributed by atoms with van der Waals surface area (Å²) in [6.45, 7) is 3.73. The van der Waals surface area contributed by atoms with Crippen LogP contribution in [-0.4, -0.2) is 24.8 Å². The van der Waals surface area contributed by atoms with Crippen LogP contribution in [0.3, 0.4) is 0 Å². The molecule has 0 aliphatic rings. The summed E-state index contributed by atoms with van der Waals surface area (Å²) in [5, 5.41) is 3.14. The van der Waals surface area contributed by atoms with E-state index in [1.54, 1.807) is 4.57 Å². The van der Waals surface area contributed by atoms with Gasteiger partial charge in [-0.05, 0) is 5.92 Å². The zero-order valence-corrected chi connectivity index (χ0v) is 16.5. The van der Waals surface area contributed by atoms with E-state index in [2.05, 4.69) is 19.7 Å². The van der Waals surface area contributed by atoms with Crippen molar-refractivity contribution < 1.29 is 13.6 Å². The molecular formula is C20H17F2N5OS. The minimum Gasteiger partial charge on any atom is -0.318 e. The second-order valence-corrected chi connectivity index (χ2v) is 7.63. The second kappa shape index (κ2) is 7.67. The minimum absolute atomic E-state index is 0.137. The maximum absolute atomic E-state index is 13.7. The Morgan fingerprint density at radius 3 is 2.59 bits per heavy atom. The normalized spacial score (nSPS) is 12.4. The first-order valence-corrected chi connectivity index (χ1v) is 9.73. The van der Waals surface area contributed by atoms with E-state index in [0.29, 0.717) is 16.5 Å². The third-order valence-corrected chi connectivity index (χ3v) is 5.14. The van der Waals surface area contributed by atoms with Crippen molar-refractivity contribution in [3.63, 3.8) is 0 Å². The first-order chi connectivity index (χ1) is 13.9. The summed E-state index contributed by atoms with van der Waals surface area (Å²) in [5.74, 6) is -1.91. The quantitative estimate of drug-likeness (QED) is 0.516. The van der Waals surface area contributed by atoms with Crippen LogP contribution in [0.15, 0.2) is 48.8 Å². The number of benzene rings is 2. The van der Waals surface area contributed by atoms with Gasteiger partial charge in [-0.2, -0.15) is 9.36 Å². The van der Waals surface area contributed by atoms with Gasteiger partial charge in [-0.3, -0.25) is 10.1 Å². The van der Waals surface area contributed by atoms with Crippen molar-refractivity contribution in [1.29, 1.82) is 0 Å². The van der Waals surface area contributed by atoms with Crippen molar-refractivity contribution in [2.45, 2.75) is 19.9 Å². The predicted molar refractivity (Wildman–Crippen MR) is 107 cm³/mol. The fourth-order valence-corrected chi connectivity index (χ4v) is 3.75. The topological polar surface area (TPSA) is 72.7 Å². The van der Waals surface area contributed by atoms with Crippen LogP contribution in [0, 0.1) is 17.6 Å². The van der Waals surface area contributed by atoms with Gasteiger partial charge in [0.05, 0.1) is 17.4 Å². The third kappa shape index (κ3) is 3.73. The summed E-state index contributed by atoms with van der Waals surface area (Å²) in [6.07, 6.45) is 1.42. The van der Waals surface area contributed by atoms with Crippen molar-refractivity contribution in [3.8, 4) is 11.4 Å². The molecule has 4 aromatic rings. The lowest BCUT2D eigenvalue weighted by atomic mass is 10.0. The molecule has 0 fully saturated rings. The van der Waals surface area contributed by atoms with E-state index in [1.165, 1.54) is 6.33 Å². The maximum atomic E-state index is 13.7. The number of hydrogen-bond acceptors (Lipinski definition) is 5. The molecule has 4 rings (SSSR count). The average Bonchev–Trinajstić information content (AvgIpc) is 3.31. The summed E-state index contributed by atoms with van der Waals surface area (Å²) in [6, 6.07) is 10.8. The van der Waals surface area contributed by atoms with Crippen LogP contribution in [0.2, 0.25) is 0 Å². The van der Waals surface area contributed by atoms with Gasteiger partial charge in [0, 0.05) is 29.2 Å². The van der Waals surface area contributed by atoms with E-state index >= 15 is 0 Å². The molecule has 0 radical (unpaired) electrons. The molecule has 1 amide bonds. The van der Waals surface area contributed by atoms with Crippen LogP contribution < -0.4 is 5.32 Å². The van der Waals surface area contributed by atoms with E-state index in [4.69, 9.17) is 0 Å². The van der Waals surface area contributed by atoms with Gasteiger partial charge in [0.2, 0.25) is 11.0 Å². The Balaban J connectivity index is 1.62. The Morgan fingerprint density at radius 2 is 1.86 bits per heavy atom. The van der Waals surface area contributed by atoms with Gasteiger partial charge in [0.25, 0.3) is 0 Å². The molecular weight excluding hydrogens is 396 g/mol. The van der Waals surface area contributed by atoms with Crippen LogP contribution >= 0.6 is 11.5 Å². The lowest BCUT2D eigenvalue weighted by Gasteiger charge is -2.21. The van der Waals surface area contributed by atoms with Gasteiger partial charge in [-0.25, -0.2) is 13.8 Å². The van der Waals surface area contributed by atoms with E-state index in [-0.39, 0.29) is 17.3 Å². The molecule has 0 saturated carbocycles. The minimum atomic E-state index is -0.987. The van der Waals surface area contributed by atoms with Crippen LogP contribution in [0.5, 0.6) is 0 Å². The number of nitrogens with zero attached hydrogens (tertiary/aromatic N) is 4. The molecule has 1 atom stereocenters. The SMILES string of the molecule is CC(C)C(C(=O)Nc1nc(-c2ccccc2)ns1)n1cnc2cc(F)c(F)cc21. The number of halogens is 2. The smallest absolute Gasteiger partial charge is 0.249 e. The van der Waals surface area contributed by atoms with Gasteiger partial charge in [-0.1, -0.05) is 44.2 Å². The summed E-state index contributed by atoms with van der Waals surface area (Å²) < 4.78 is 33.1. The first-order valence-electron chi connectivity index (χ1n) is 8.95. The number of nitrogens with one attached hydrogen (secondary N) is 1. The maximum Gasteiger partial charge on any atom is 0.249 e. The van der Waals surface area contributed by atoms with Gasteiger partial charge in [0.1, 0.15) is 6.04 Å². The van der Waals surface area contributed by atoms with Crippen molar-refractivity contribution in [1.82, 2.24) is 18.9 Å². The van der Waals surface area contributed by atoms with E-state index in [9.17, 15) is 13.6 Å². The fourth-order valence-electron chi connectivity index (χ4n) is 3.15. The van der Waals surface area contributed by atoms with Crippen LogP contribution in [0.1, 0.15) is 19.9 Å². The summed E-state index contributed by atoms with van der Waals surface area (Å²) >= 11 is 1.08. The first kappa shape index (κ1) is 19.1. The molecule has 2 heterocycles. The Kier molecular flexibility index (Phi) is 5.06. The van der Waals surface area contributed by atoms with E-state index in [0.717, 1.165) is 29.2 Å². The molecule has 29 heavy (non-hydrogen) atoms. The monoisotopic (exact) mass is 413 g/mol. The Morgan fingerprint density at radius 1 is 1.14 bits per heavy atom. The molecule has 0 aliphatic heterocycles. The van der Waals surface area contributed by atoms with Crippen LogP contribution in [0.25, 0.3) is 22.4 Å². The molecule has 2 aromatic carbocycles. The molecule has 2 aromatic heterocycles. The van der Waals surface area contributed by atoms with Gasteiger partial charge >= 0.3 is 0 Å². The molecule has 0 aliphatic carbocycles. The number of fused-ring (bicyclic) bond motifs is 1. The number of carbonyl (C=O) groups excluding carboxylic acids is 1. The molecule has 0 bridgehead atoms. The molecule has 0 saturated heterocycles. The highest BCUT2D eigenvalue weighted by Gasteiger charge is 2.27. The predicted octanol–water partition coefficient (Wildman–Crippen LogP) is 4.67. The number of hydrogen-bond donors (Lipinski definition) is 1. The largest absolute Gasteiger partial charge is 0.318 e. The Hall–Kier alpha value is -3.20. The van der Waals surface area contributed by atoms with E-state index < -0.39 is 17.7 Å². The standard InChI is InChI=1S/C20H17F2N5OS/c1-11(2)17(27-10-23-15-8-13(21)14(22)9-16(15)27)19(28)25-20-24-18(26-29-20)12-6-4-3-5-7-12/h3-11,17H,1-2H3,(H,24,25,26,28). The third-order valence-electron chi connectivity index (χ3n) is 4.50. The van der Waals surface area contributed by atoms with Gasteiger partial charge in [-0.15, -0.1) is 0 Å². The number of imidazole rings is 1. The number of aromatic nitrogens is 4. The van der Waals surface area contributed by atoms with Crippen molar-refractivity contribution >= 4 is 33.6 Å². The molecule has 1 unspecified atom stereocenters. The van der Waals surface area contributed by atoms with Crippen LogP contribution in [-0.2, 0) is 4.79 Å². The Bertz CT molecular complexity index is 1170. The molecule has 9 heteroatoms.